The van der Waals surface area contributed by atoms with Gasteiger partial charge < -0.3 is 4.74 Å². The highest BCUT2D eigenvalue weighted by atomic mass is 32.2. The Morgan fingerprint density at radius 2 is 1.81 bits per heavy atom. The van der Waals surface area contributed by atoms with E-state index in [9.17, 15) is 12.8 Å². The largest absolute Gasteiger partial charge is 0.495 e. The normalized spacial score (nSPS) is 11.3. The van der Waals surface area contributed by atoms with Gasteiger partial charge in [-0.1, -0.05) is 23.5 Å². The molecule has 0 amide bonds. The van der Waals surface area contributed by atoms with E-state index in [2.05, 4.69) is 10.2 Å². The first-order chi connectivity index (χ1) is 12.4. The topological polar surface area (TPSA) is 72.4 Å². The van der Waals surface area contributed by atoms with Gasteiger partial charge in [-0.3, -0.25) is 4.31 Å². The predicted octanol–water partition coefficient (Wildman–Crippen LogP) is 3.39. The van der Waals surface area contributed by atoms with E-state index in [0.717, 1.165) is 17.1 Å². The van der Waals surface area contributed by atoms with Gasteiger partial charge in [0.2, 0.25) is 0 Å². The monoisotopic (exact) mass is 393 g/mol. The molecule has 0 saturated heterocycles. The quantitative estimate of drug-likeness (QED) is 0.642. The molecule has 0 spiro atoms. The van der Waals surface area contributed by atoms with Crippen LogP contribution in [0.4, 0.5) is 10.1 Å². The molecule has 1 heterocycles. The number of rotatable bonds is 6. The molecule has 3 rings (SSSR count). The molecule has 0 aliphatic carbocycles. The third-order valence-electron chi connectivity index (χ3n) is 3.60. The minimum Gasteiger partial charge on any atom is -0.495 e. The van der Waals surface area contributed by atoms with Crippen molar-refractivity contribution in [2.75, 3.05) is 11.4 Å². The Bertz CT molecular complexity index is 1000. The summed E-state index contributed by atoms with van der Waals surface area (Å²) in [6, 6.07) is 11.5. The van der Waals surface area contributed by atoms with E-state index in [0.29, 0.717) is 16.4 Å². The Kier molecular flexibility index (Phi) is 5.19. The fourth-order valence-corrected chi connectivity index (χ4v) is 4.61. The number of hydrogen-bond acceptors (Lipinski definition) is 6. The van der Waals surface area contributed by atoms with Gasteiger partial charge in [0.05, 0.1) is 24.2 Å². The van der Waals surface area contributed by atoms with Crippen molar-refractivity contribution in [2.45, 2.75) is 18.4 Å². The first-order valence-electron chi connectivity index (χ1n) is 7.62. The predicted molar refractivity (Wildman–Crippen MR) is 97.4 cm³/mol. The smallest absolute Gasteiger partial charge is 0.264 e. The zero-order valence-electron chi connectivity index (χ0n) is 14.1. The van der Waals surface area contributed by atoms with E-state index in [1.54, 1.807) is 31.2 Å². The van der Waals surface area contributed by atoms with Crippen LogP contribution in [0.2, 0.25) is 0 Å². The number of anilines is 1. The zero-order chi connectivity index (χ0) is 18.7. The molecule has 3 aromatic rings. The summed E-state index contributed by atoms with van der Waals surface area (Å²) in [4.78, 5) is -0.0222. The highest BCUT2D eigenvalue weighted by Gasteiger charge is 2.28. The van der Waals surface area contributed by atoms with Gasteiger partial charge in [-0.2, -0.15) is 0 Å². The summed E-state index contributed by atoms with van der Waals surface area (Å²) in [5, 5.41) is 9.23. The van der Waals surface area contributed by atoms with Crippen LogP contribution in [-0.2, 0) is 16.6 Å². The second-order valence-electron chi connectivity index (χ2n) is 5.35. The molecule has 0 aliphatic rings. The van der Waals surface area contributed by atoms with Crippen LogP contribution in [0.15, 0.2) is 53.4 Å². The average Bonchev–Trinajstić information content (AvgIpc) is 3.05. The van der Waals surface area contributed by atoms with Crippen LogP contribution in [0.1, 0.15) is 10.0 Å². The number of ether oxygens (including phenoxy) is 1. The lowest BCUT2D eigenvalue weighted by atomic mass is 10.3. The van der Waals surface area contributed by atoms with Gasteiger partial charge >= 0.3 is 0 Å². The molecule has 6 nitrogen and oxygen atoms in total. The van der Waals surface area contributed by atoms with Crippen LogP contribution in [0.5, 0.6) is 5.75 Å². The average molecular weight is 393 g/mol. The molecule has 0 fully saturated rings. The lowest BCUT2D eigenvalue weighted by Gasteiger charge is -2.25. The van der Waals surface area contributed by atoms with Gasteiger partial charge in [0, 0.05) is 0 Å². The molecule has 0 unspecified atom stereocenters. The minimum atomic E-state index is -3.97. The molecule has 0 saturated carbocycles. The lowest BCUT2D eigenvalue weighted by Crippen LogP contribution is -2.31. The summed E-state index contributed by atoms with van der Waals surface area (Å²) < 4.78 is 46.2. The van der Waals surface area contributed by atoms with Crippen LogP contribution in [0.3, 0.4) is 0 Å². The molecule has 0 radical (unpaired) electrons. The summed E-state index contributed by atoms with van der Waals surface area (Å²) in [6.07, 6.45) is 0. The SMILES string of the molecule is COc1ccccc1N(Cc1nnc(C)s1)S(=O)(=O)c1ccc(F)cc1. The van der Waals surface area contributed by atoms with E-state index in [4.69, 9.17) is 4.74 Å². The molecular formula is C17H16FN3O3S2. The van der Waals surface area contributed by atoms with Gasteiger partial charge in [0.25, 0.3) is 10.0 Å². The number of aryl methyl sites for hydroxylation is 1. The number of hydrogen-bond donors (Lipinski definition) is 0. The molecule has 136 valence electrons. The number of sulfonamides is 1. The fourth-order valence-electron chi connectivity index (χ4n) is 2.39. The molecule has 0 bridgehead atoms. The molecule has 9 heteroatoms. The number of aromatic nitrogens is 2. The standard InChI is InChI=1S/C17H16FN3O3S2/c1-12-19-20-17(25-12)11-21(15-5-3-4-6-16(15)24-2)26(22,23)14-9-7-13(18)8-10-14/h3-10H,11H2,1-2H3. The number of para-hydroxylation sites is 2. The maximum atomic E-state index is 13.2. The third-order valence-corrected chi connectivity index (χ3v) is 6.20. The van der Waals surface area contributed by atoms with Crippen molar-refractivity contribution >= 4 is 27.0 Å². The van der Waals surface area contributed by atoms with Crippen molar-refractivity contribution in [2.24, 2.45) is 0 Å². The van der Waals surface area contributed by atoms with Crippen molar-refractivity contribution in [3.05, 3.63) is 64.4 Å². The van der Waals surface area contributed by atoms with Gasteiger partial charge in [-0.25, -0.2) is 12.8 Å². The van der Waals surface area contributed by atoms with Gasteiger partial charge in [-0.15, -0.1) is 10.2 Å². The Labute approximate surface area is 154 Å². The van der Waals surface area contributed by atoms with Gasteiger partial charge in [0.1, 0.15) is 21.6 Å². The summed E-state index contributed by atoms with van der Waals surface area (Å²) in [7, 11) is -2.50. The van der Waals surface area contributed by atoms with Crippen LogP contribution in [0.25, 0.3) is 0 Å². The molecule has 0 atom stereocenters. The first kappa shape index (κ1) is 18.3. The van der Waals surface area contributed by atoms with Crippen LogP contribution >= 0.6 is 11.3 Å². The maximum absolute atomic E-state index is 13.2. The number of halogens is 1. The second kappa shape index (κ2) is 7.38. The van der Waals surface area contributed by atoms with E-state index in [1.165, 1.54) is 34.9 Å². The van der Waals surface area contributed by atoms with Crippen molar-refractivity contribution in [1.82, 2.24) is 10.2 Å². The number of benzene rings is 2. The Morgan fingerprint density at radius 3 is 2.42 bits per heavy atom. The van der Waals surface area contributed by atoms with E-state index in [1.807, 2.05) is 0 Å². The van der Waals surface area contributed by atoms with E-state index in [-0.39, 0.29) is 11.4 Å². The van der Waals surface area contributed by atoms with E-state index < -0.39 is 15.8 Å². The molecule has 0 N–H and O–H groups in total. The van der Waals surface area contributed by atoms with Crippen molar-refractivity contribution < 1.29 is 17.5 Å². The van der Waals surface area contributed by atoms with Crippen molar-refractivity contribution in [3.63, 3.8) is 0 Å². The van der Waals surface area contributed by atoms with Crippen molar-refractivity contribution in [1.29, 1.82) is 0 Å². The van der Waals surface area contributed by atoms with Crippen molar-refractivity contribution in [3.8, 4) is 5.75 Å². The Morgan fingerprint density at radius 1 is 1.12 bits per heavy atom. The second-order valence-corrected chi connectivity index (χ2v) is 8.48. The minimum absolute atomic E-state index is 0.00834. The Hall–Kier alpha value is -2.52. The summed E-state index contributed by atoms with van der Waals surface area (Å²) in [5.41, 5.74) is 0.368. The number of nitrogens with zero attached hydrogens (tertiary/aromatic N) is 3. The summed E-state index contributed by atoms with van der Waals surface area (Å²) >= 11 is 1.31. The Balaban J connectivity index is 2.11. The molecule has 26 heavy (non-hydrogen) atoms. The molecule has 2 aromatic carbocycles. The maximum Gasteiger partial charge on any atom is 0.264 e. The molecular weight excluding hydrogens is 377 g/mol. The molecule has 0 aliphatic heterocycles. The van der Waals surface area contributed by atoms with Crippen LogP contribution in [-0.4, -0.2) is 25.7 Å². The zero-order valence-corrected chi connectivity index (χ0v) is 15.7. The van der Waals surface area contributed by atoms with E-state index >= 15 is 0 Å². The fraction of sp³-hybridized carbons (Fsp3) is 0.176. The summed E-state index contributed by atoms with van der Waals surface area (Å²) in [6.45, 7) is 1.79. The van der Waals surface area contributed by atoms with Crippen LogP contribution in [0, 0.1) is 12.7 Å². The molecule has 1 aromatic heterocycles. The third kappa shape index (κ3) is 3.68. The number of methoxy groups -OCH3 is 1. The van der Waals surface area contributed by atoms with Gasteiger partial charge in [-0.05, 0) is 43.3 Å². The first-order valence-corrected chi connectivity index (χ1v) is 9.88. The highest BCUT2D eigenvalue weighted by molar-refractivity contribution is 7.92. The lowest BCUT2D eigenvalue weighted by molar-refractivity contribution is 0.415. The van der Waals surface area contributed by atoms with Crippen LogP contribution < -0.4 is 9.04 Å². The van der Waals surface area contributed by atoms with Gasteiger partial charge in [0.15, 0.2) is 0 Å². The summed E-state index contributed by atoms with van der Waals surface area (Å²) in [5.74, 6) is -0.105. The highest BCUT2D eigenvalue weighted by Crippen LogP contribution is 2.34.